The minimum Gasteiger partial charge on any atom is -0.351 e. The van der Waals surface area contributed by atoms with Gasteiger partial charge in [0.15, 0.2) is 0 Å². The molecule has 0 aliphatic rings. The summed E-state index contributed by atoms with van der Waals surface area (Å²) >= 11 is 0. The zero-order chi connectivity index (χ0) is 8.97. The molecule has 0 unspecified atom stereocenters. The molecule has 12 heavy (non-hydrogen) atoms. The quantitative estimate of drug-likeness (QED) is 0.645. The number of rotatable bonds is 1. The normalized spacial score (nSPS) is 8.58. The highest BCUT2D eigenvalue weighted by Crippen LogP contribution is 2.08. The number of anilines is 1. The number of carbonyl (C=O) groups excluding carboxylic acids is 1. The Morgan fingerprint density at radius 3 is 2.92 bits per heavy atom. The van der Waals surface area contributed by atoms with Crippen molar-refractivity contribution >= 4 is 11.7 Å². The Morgan fingerprint density at radius 2 is 2.33 bits per heavy atom. The van der Waals surface area contributed by atoms with Gasteiger partial charge >= 0.3 is 6.03 Å². The summed E-state index contributed by atoms with van der Waals surface area (Å²) < 4.78 is 0. The second-order valence-electron chi connectivity index (χ2n) is 2.18. The van der Waals surface area contributed by atoms with E-state index in [0.29, 0.717) is 11.3 Å². The van der Waals surface area contributed by atoms with Crippen LogP contribution in [0.1, 0.15) is 5.56 Å². The second-order valence-corrected chi connectivity index (χ2v) is 2.18. The van der Waals surface area contributed by atoms with Crippen LogP contribution >= 0.6 is 0 Å². The first-order valence-electron chi connectivity index (χ1n) is 3.29. The molecule has 0 bridgehead atoms. The van der Waals surface area contributed by atoms with Crippen LogP contribution < -0.4 is 11.1 Å². The highest BCUT2D eigenvalue weighted by atomic mass is 16.2. The number of benzene rings is 1. The van der Waals surface area contributed by atoms with Crippen LogP contribution in [0.5, 0.6) is 0 Å². The average molecular weight is 161 g/mol. The molecule has 0 spiro atoms. The summed E-state index contributed by atoms with van der Waals surface area (Å²) in [6.07, 6.45) is 0. The lowest BCUT2D eigenvalue weighted by Crippen LogP contribution is -2.19. The van der Waals surface area contributed by atoms with Crippen molar-refractivity contribution in [2.75, 3.05) is 5.32 Å². The van der Waals surface area contributed by atoms with Gasteiger partial charge in [0.2, 0.25) is 0 Å². The van der Waals surface area contributed by atoms with Crippen LogP contribution in [-0.2, 0) is 0 Å². The number of primary amides is 1. The Balaban J connectivity index is 2.88. The highest BCUT2D eigenvalue weighted by molar-refractivity contribution is 5.87. The zero-order valence-electron chi connectivity index (χ0n) is 6.24. The molecule has 0 aromatic heterocycles. The summed E-state index contributed by atoms with van der Waals surface area (Å²) in [5.41, 5.74) is 5.90. The Hall–Kier alpha value is -2.02. The third-order valence-corrected chi connectivity index (χ3v) is 1.26. The molecule has 4 heteroatoms. The second kappa shape index (κ2) is 3.39. The van der Waals surface area contributed by atoms with E-state index < -0.39 is 6.03 Å². The van der Waals surface area contributed by atoms with E-state index in [1.165, 1.54) is 0 Å². The molecule has 60 valence electrons. The minimum absolute atomic E-state index is 0.487. The summed E-state index contributed by atoms with van der Waals surface area (Å²) in [5.74, 6) is 0. The molecular weight excluding hydrogens is 154 g/mol. The molecule has 0 saturated heterocycles. The fourth-order valence-corrected chi connectivity index (χ4v) is 0.809. The van der Waals surface area contributed by atoms with E-state index >= 15 is 0 Å². The van der Waals surface area contributed by atoms with Gasteiger partial charge in [0.05, 0.1) is 11.6 Å². The van der Waals surface area contributed by atoms with Crippen LogP contribution in [0.2, 0.25) is 0 Å². The summed E-state index contributed by atoms with van der Waals surface area (Å²) in [5, 5.41) is 10.9. The van der Waals surface area contributed by atoms with Crippen LogP contribution in [0.3, 0.4) is 0 Å². The van der Waals surface area contributed by atoms with Crippen molar-refractivity contribution in [3.05, 3.63) is 29.8 Å². The minimum atomic E-state index is -0.634. The molecule has 0 radical (unpaired) electrons. The van der Waals surface area contributed by atoms with E-state index in [2.05, 4.69) is 5.32 Å². The number of urea groups is 1. The number of carbonyl (C=O) groups is 1. The monoisotopic (exact) mass is 161 g/mol. The maximum absolute atomic E-state index is 10.4. The topological polar surface area (TPSA) is 78.9 Å². The zero-order valence-corrected chi connectivity index (χ0v) is 6.24. The molecule has 0 aliphatic carbocycles. The van der Waals surface area contributed by atoms with Crippen molar-refractivity contribution in [2.24, 2.45) is 5.73 Å². The maximum Gasteiger partial charge on any atom is 0.316 e. The Bertz CT molecular complexity index is 340. The molecular formula is C8H7N3O. The van der Waals surface area contributed by atoms with Gasteiger partial charge < -0.3 is 11.1 Å². The van der Waals surface area contributed by atoms with Gasteiger partial charge in [-0.05, 0) is 18.2 Å². The number of nitrogens with one attached hydrogen (secondary N) is 1. The van der Waals surface area contributed by atoms with E-state index in [1.54, 1.807) is 24.3 Å². The van der Waals surface area contributed by atoms with Gasteiger partial charge in [0.1, 0.15) is 0 Å². The lowest BCUT2D eigenvalue weighted by Gasteiger charge is -1.99. The molecule has 2 amide bonds. The lowest BCUT2D eigenvalue weighted by molar-refractivity contribution is 0.259. The van der Waals surface area contributed by atoms with Crippen molar-refractivity contribution in [1.29, 1.82) is 5.26 Å². The molecule has 0 heterocycles. The molecule has 1 rings (SSSR count). The Labute approximate surface area is 69.6 Å². The standard InChI is InChI=1S/C8H7N3O/c9-5-6-2-1-3-7(4-6)11-8(10)12/h1-4H,(H3,10,11,12). The SMILES string of the molecule is N#Cc1cccc(NC(N)=O)c1. The van der Waals surface area contributed by atoms with E-state index in [0.717, 1.165) is 0 Å². The smallest absolute Gasteiger partial charge is 0.316 e. The number of nitrogens with two attached hydrogens (primary N) is 1. The Kier molecular flexibility index (Phi) is 2.29. The molecule has 0 saturated carbocycles. The summed E-state index contributed by atoms with van der Waals surface area (Å²) in [4.78, 5) is 10.4. The number of hydrogen-bond donors (Lipinski definition) is 2. The molecule has 1 aromatic rings. The van der Waals surface area contributed by atoms with Crippen LogP contribution in [-0.4, -0.2) is 6.03 Å². The fraction of sp³-hybridized carbons (Fsp3) is 0. The first kappa shape index (κ1) is 8.08. The number of nitriles is 1. The first-order valence-corrected chi connectivity index (χ1v) is 3.29. The molecule has 0 fully saturated rings. The fourth-order valence-electron chi connectivity index (χ4n) is 0.809. The average Bonchev–Trinajstić information content (AvgIpc) is 2.03. The predicted octanol–water partition coefficient (Wildman–Crippen LogP) is 1.05. The largest absolute Gasteiger partial charge is 0.351 e. The van der Waals surface area contributed by atoms with E-state index in [1.807, 2.05) is 6.07 Å². The molecule has 3 N–H and O–H groups in total. The van der Waals surface area contributed by atoms with E-state index in [-0.39, 0.29) is 0 Å². The van der Waals surface area contributed by atoms with Gasteiger partial charge in [-0.3, -0.25) is 0 Å². The molecule has 4 nitrogen and oxygen atoms in total. The van der Waals surface area contributed by atoms with Crippen LogP contribution in [0.15, 0.2) is 24.3 Å². The number of amides is 2. The van der Waals surface area contributed by atoms with Crippen molar-refractivity contribution in [3.63, 3.8) is 0 Å². The number of nitrogens with zero attached hydrogens (tertiary/aromatic N) is 1. The number of hydrogen-bond acceptors (Lipinski definition) is 2. The summed E-state index contributed by atoms with van der Waals surface area (Å²) in [6, 6.07) is 7.83. The van der Waals surface area contributed by atoms with Gasteiger partial charge in [-0.1, -0.05) is 6.07 Å². The van der Waals surface area contributed by atoms with Crippen molar-refractivity contribution in [2.45, 2.75) is 0 Å². The van der Waals surface area contributed by atoms with Crippen LogP contribution in [0.25, 0.3) is 0 Å². The lowest BCUT2D eigenvalue weighted by atomic mass is 10.2. The maximum atomic E-state index is 10.4. The van der Waals surface area contributed by atoms with Crippen molar-refractivity contribution in [3.8, 4) is 6.07 Å². The molecule has 0 aliphatic heterocycles. The van der Waals surface area contributed by atoms with Crippen LogP contribution in [0, 0.1) is 11.3 Å². The molecule has 1 aromatic carbocycles. The third-order valence-electron chi connectivity index (χ3n) is 1.26. The van der Waals surface area contributed by atoms with Gasteiger partial charge in [0, 0.05) is 5.69 Å². The van der Waals surface area contributed by atoms with Gasteiger partial charge in [-0.25, -0.2) is 4.79 Å². The first-order chi connectivity index (χ1) is 5.72. The van der Waals surface area contributed by atoms with E-state index in [9.17, 15) is 4.79 Å². The summed E-state index contributed by atoms with van der Waals surface area (Å²) in [6.45, 7) is 0. The van der Waals surface area contributed by atoms with Gasteiger partial charge in [0.25, 0.3) is 0 Å². The van der Waals surface area contributed by atoms with E-state index in [4.69, 9.17) is 11.0 Å². The Morgan fingerprint density at radius 1 is 1.58 bits per heavy atom. The highest BCUT2D eigenvalue weighted by Gasteiger charge is 1.95. The summed E-state index contributed by atoms with van der Waals surface area (Å²) in [7, 11) is 0. The third kappa shape index (κ3) is 1.99. The molecule has 0 atom stereocenters. The van der Waals surface area contributed by atoms with Crippen LogP contribution in [0.4, 0.5) is 10.5 Å². The predicted molar refractivity (Wildman–Crippen MR) is 44.4 cm³/mol. The van der Waals surface area contributed by atoms with Gasteiger partial charge in [-0.15, -0.1) is 0 Å². The van der Waals surface area contributed by atoms with Crippen molar-refractivity contribution in [1.82, 2.24) is 0 Å². The van der Waals surface area contributed by atoms with Crippen molar-refractivity contribution < 1.29 is 4.79 Å². The van der Waals surface area contributed by atoms with Gasteiger partial charge in [-0.2, -0.15) is 5.26 Å².